The van der Waals surface area contributed by atoms with E-state index in [0.29, 0.717) is 21.7 Å². The Morgan fingerprint density at radius 3 is 2.78 bits per heavy atom. The van der Waals surface area contributed by atoms with Gasteiger partial charge in [0.1, 0.15) is 5.75 Å². The first-order valence-corrected chi connectivity index (χ1v) is 6.63. The molecule has 1 saturated carbocycles. The highest BCUT2D eigenvalue weighted by atomic mass is 35.5. The maximum Gasteiger partial charge on any atom is 0.260 e. The van der Waals surface area contributed by atoms with Gasteiger partial charge in [0.15, 0.2) is 6.61 Å². The van der Waals surface area contributed by atoms with Crippen molar-refractivity contribution < 1.29 is 9.53 Å². The molecule has 98 valence electrons. The van der Waals surface area contributed by atoms with Gasteiger partial charge >= 0.3 is 0 Å². The lowest BCUT2D eigenvalue weighted by Gasteiger charge is -2.17. The second-order valence-corrected chi connectivity index (χ2v) is 5.42. The van der Waals surface area contributed by atoms with Crippen LogP contribution in [0.15, 0.2) is 18.2 Å². The molecule has 1 aliphatic carbocycles. The van der Waals surface area contributed by atoms with Crippen molar-refractivity contribution in [2.45, 2.75) is 12.8 Å². The molecular weight excluding hydrogens is 273 g/mol. The van der Waals surface area contributed by atoms with E-state index in [-0.39, 0.29) is 12.5 Å². The Morgan fingerprint density at radius 1 is 1.44 bits per heavy atom. The second-order valence-electron chi connectivity index (χ2n) is 4.58. The van der Waals surface area contributed by atoms with Gasteiger partial charge < -0.3 is 9.64 Å². The van der Waals surface area contributed by atoms with Crippen LogP contribution in [0.25, 0.3) is 0 Å². The first kappa shape index (κ1) is 13.5. The molecule has 0 aromatic heterocycles. The van der Waals surface area contributed by atoms with Gasteiger partial charge in [-0.2, -0.15) is 0 Å². The van der Waals surface area contributed by atoms with Crippen LogP contribution in [0, 0.1) is 5.92 Å². The number of carbonyl (C=O) groups is 1. The molecule has 0 heterocycles. The van der Waals surface area contributed by atoms with Crippen LogP contribution in [0.2, 0.25) is 10.0 Å². The number of rotatable bonds is 5. The fraction of sp³-hybridized carbons (Fsp3) is 0.462. The molecule has 5 heteroatoms. The number of benzene rings is 1. The van der Waals surface area contributed by atoms with Gasteiger partial charge in [-0.25, -0.2) is 0 Å². The number of hydrogen-bond donors (Lipinski definition) is 0. The third-order valence-electron chi connectivity index (χ3n) is 2.90. The summed E-state index contributed by atoms with van der Waals surface area (Å²) in [4.78, 5) is 13.5. The standard InChI is InChI=1S/C13H15Cl2NO2/c1-16(7-9-2-3-9)13(17)8-18-12-5-4-10(14)6-11(12)15/h4-6,9H,2-3,7-8H2,1H3. The van der Waals surface area contributed by atoms with E-state index in [1.54, 1.807) is 30.1 Å². The van der Waals surface area contributed by atoms with E-state index in [4.69, 9.17) is 27.9 Å². The minimum Gasteiger partial charge on any atom is -0.482 e. The average Bonchev–Trinajstić information content (AvgIpc) is 3.11. The summed E-state index contributed by atoms with van der Waals surface area (Å²) >= 11 is 11.7. The molecule has 1 fully saturated rings. The van der Waals surface area contributed by atoms with Crippen molar-refractivity contribution in [2.24, 2.45) is 5.92 Å². The molecule has 2 rings (SSSR count). The normalized spacial score (nSPS) is 14.4. The number of amides is 1. The summed E-state index contributed by atoms with van der Waals surface area (Å²) in [6.07, 6.45) is 2.45. The fourth-order valence-electron chi connectivity index (χ4n) is 1.63. The number of halogens is 2. The summed E-state index contributed by atoms with van der Waals surface area (Å²) < 4.78 is 5.39. The third kappa shape index (κ3) is 3.79. The maximum absolute atomic E-state index is 11.8. The molecule has 0 spiro atoms. The van der Waals surface area contributed by atoms with Gasteiger partial charge in [-0.3, -0.25) is 4.79 Å². The van der Waals surface area contributed by atoms with Crippen LogP contribution in [0.4, 0.5) is 0 Å². The molecular formula is C13H15Cl2NO2. The zero-order chi connectivity index (χ0) is 13.1. The van der Waals surface area contributed by atoms with Crippen LogP contribution >= 0.6 is 23.2 Å². The molecule has 0 saturated heterocycles. The molecule has 18 heavy (non-hydrogen) atoms. The molecule has 0 N–H and O–H groups in total. The molecule has 0 radical (unpaired) electrons. The summed E-state index contributed by atoms with van der Waals surface area (Å²) in [5, 5.41) is 0.963. The van der Waals surface area contributed by atoms with Crippen molar-refractivity contribution in [3.63, 3.8) is 0 Å². The lowest BCUT2D eigenvalue weighted by molar-refractivity contribution is -0.132. The van der Waals surface area contributed by atoms with Crippen molar-refractivity contribution in [1.29, 1.82) is 0 Å². The van der Waals surface area contributed by atoms with Gasteiger partial charge in [0.25, 0.3) is 5.91 Å². The molecule has 1 aromatic carbocycles. The Kier molecular flexibility index (Phi) is 4.36. The van der Waals surface area contributed by atoms with Crippen molar-refractivity contribution in [3.8, 4) is 5.75 Å². The van der Waals surface area contributed by atoms with E-state index in [1.165, 1.54) is 12.8 Å². The first-order valence-electron chi connectivity index (χ1n) is 5.88. The first-order chi connectivity index (χ1) is 8.56. The van der Waals surface area contributed by atoms with E-state index in [1.807, 2.05) is 0 Å². The Labute approximate surface area is 117 Å². The minimum atomic E-state index is -0.0343. The molecule has 0 atom stereocenters. The predicted octanol–water partition coefficient (Wildman–Crippen LogP) is 3.24. The van der Waals surface area contributed by atoms with Gasteiger partial charge in [0.2, 0.25) is 0 Å². The number of carbonyl (C=O) groups excluding carboxylic acids is 1. The average molecular weight is 288 g/mol. The number of nitrogens with zero attached hydrogens (tertiary/aromatic N) is 1. The summed E-state index contributed by atoms with van der Waals surface area (Å²) in [6.45, 7) is 0.821. The van der Waals surface area contributed by atoms with Crippen molar-refractivity contribution in [3.05, 3.63) is 28.2 Å². The fourth-order valence-corrected chi connectivity index (χ4v) is 2.09. The van der Waals surface area contributed by atoms with Gasteiger partial charge in [-0.15, -0.1) is 0 Å². The Hall–Kier alpha value is -0.930. The van der Waals surface area contributed by atoms with E-state index >= 15 is 0 Å². The number of likely N-dealkylation sites (N-methyl/N-ethyl adjacent to an activating group) is 1. The number of hydrogen-bond acceptors (Lipinski definition) is 2. The van der Waals surface area contributed by atoms with E-state index in [0.717, 1.165) is 6.54 Å². The largest absolute Gasteiger partial charge is 0.482 e. The van der Waals surface area contributed by atoms with Crippen LogP contribution in [-0.4, -0.2) is 31.0 Å². The molecule has 1 aromatic rings. The van der Waals surface area contributed by atoms with Crippen LogP contribution in [0.5, 0.6) is 5.75 Å². The molecule has 0 bridgehead atoms. The van der Waals surface area contributed by atoms with Crippen LogP contribution < -0.4 is 4.74 Å². The monoisotopic (exact) mass is 287 g/mol. The van der Waals surface area contributed by atoms with Gasteiger partial charge in [-0.1, -0.05) is 23.2 Å². The third-order valence-corrected chi connectivity index (χ3v) is 3.43. The smallest absolute Gasteiger partial charge is 0.260 e. The molecule has 1 amide bonds. The molecule has 0 aliphatic heterocycles. The lowest BCUT2D eigenvalue weighted by Crippen LogP contribution is -2.33. The SMILES string of the molecule is CN(CC1CC1)C(=O)COc1ccc(Cl)cc1Cl. The highest BCUT2D eigenvalue weighted by molar-refractivity contribution is 6.35. The van der Waals surface area contributed by atoms with Crippen molar-refractivity contribution in [2.75, 3.05) is 20.2 Å². The predicted molar refractivity (Wildman–Crippen MR) is 72.3 cm³/mol. The quantitative estimate of drug-likeness (QED) is 0.832. The van der Waals surface area contributed by atoms with Gasteiger partial charge in [-0.05, 0) is 37.0 Å². The van der Waals surface area contributed by atoms with Gasteiger partial charge in [0.05, 0.1) is 5.02 Å². The van der Waals surface area contributed by atoms with Gasteiger partial charge in [0, 0.05) is 18.6 Å². The van der Waals surface area contributed by atoms with Crippen LogP contribution in [0.3, 0.4) is 0 Å². The Balaban J connectivity index is 1.84. The molecule has 1 aliphatic rings. The summed E-state index contributed by atoms with van der Waals surface area (Å²) in [7, 11) is 1.80. The van der Waals surface area contributed by atoms with Crippen LogP contribution in [-0.2, 0) is 4.79 Å². The summed E-state index contributed by atoms with van der Waals surface area (Å²) in [6, 6.07) is 4.94. The summed E-state index contributed by atoms with van der Waals surface area (Å²) in [5.74, 6) is 1.13. The lowest BCUT2D eigenvalue weighted by atomic mass is 10.3. The zero-order valence-corrected chi connectivity index (χ0v) is 11.7. The maximum atomic E-state index is 11.8. The second kappa shape index (κ2) is 5.81. The van der Waals surface area contributed by atoms with Crippen molar-refractivity contribution >= 4 is 29.1 Å². The van der Waals surface area contributed by atoms with E-state index in [2.05, 4.69) is 0 Å². The topological polar surface area (TPSA) is 29.5 Å². The highest BCUT2D eigenvalue weighted by Crippen LogP contribution is 2.29. The highest BCUT2D eigenvalue weighted by Gasteiger charge is 2.24. The van der Waals surface area contributed by atoms with Crippen molar-refractivity contribution in [1.82, 2.24) is 4.90 Å². The molecule has 0 unspecified atom stereocenters. The number of ether oxygens (including phenoxy) is 1. The van der Waals surface area contributed by atoms with E-state index in [9.17, 15) is 4.79 Å². The summed E-state index contributed by atoms with van der Waals surface area (Å²) in [5.41, 5.74) is 0. The minimum absolute atomic E-state index is 0.00454. The Bertz CT molecular complexity index is 447. The Morgan fingerprint density at radius 2 is 2.17 bits per heavy atom. The van der Waals surface area contributed by atoms with E-state index < -0.39 is 0 Å². The zero-order valence-electron chi connectivity index (χ0n) is 10.2. The molecule has 3 nitrogen and oxygen atoms in total. The van der Waals surface area contributed by atoms with Crippen LogP contribution in [0.1, 0.15) is 12.8 Å².